The second-order valence-electron chi connectivity index (χ2n) is 6.29. The third-order valence-corrected chi connectivity index (χ3v) is 4.18. The predicted molar refractivity (Wildman–Crippen MR) is 111 cm³/mol. The summed E-state index contributed by atoms with van der Waals surface area (Å²) in [5.41, 5.74) is 0.489. The number of ether oxygens (including phenoxy) is 2. The van der Waals surface area contributed by atoms with E-state index in [1.165, 1.54) is 0 Å². The van der Waals surface area contributed by atoms with Crippen molar-refractivity contribution in [3.05, 3.63) is 87.8 Å². The highest BCUT2D eigenvalue weighted by molar-refractivity contribution is 6.27. The Morgan fingerprint density at radius 3 is 2.10 bits per heavy atom. The molecule has 2 aromatic rings. The maximum atomic E-state index is 13.1. The van der Waals surface area contributed by atoms with Crippen LogP contribution in [0, 0.1) is 4.91 Å². The minimum absolute atomic E-state index is 0.0217. The molecule has 0 aromatic heterocycles. The first-order chi connectivity index (χ1) is 14.6. The average Bonchev–Trinajstić information content (AvgIpc) is 2.78. The number of hydrogen-bond donors (Lipinski definition) is 0. The molecule has 0 aliphatic carbocycles. The first kappa shape index (κ1) is 22.7. The third-order valence-electron chi connectivity index (χ3n) is 4.18. The van der Waals surface area contributed by atoms with Crippen molar-refractivity contribution >= 4 is 17.7 Å². The lowest BCUT2D eigenvalue weighted by Crippen LogP contribution is -2.23. The first-order valence-electron chi connectivity index (χ1n) is 9.58. The molecule has 0 N–H and O–H groups in total. The van der Waals surface area contributed by atoms with E-state index in [1.54, 1.807) is 61.5 Å². The average molecular weight is 409 g/mol. The zero-order valence-corrected chi connectivity index (χ0v) is 16.7. The van der Waals surface area contributed by atoms with E-state index in [4.69, 9.17) is 9.47 Å². The predicted octanol–water partition coefficient (Wildman–Crippen LogP) is 4.02. The summed E-state index contributed by atoms with van der Waals surface area (Å²) in [4.78, 5) is 49.0. The van der Waals surface area contributed by atoms with Crippen LogP contribution in [-0.4, -0.2) is 30.9 Å². The van der Waals surface area contributed by atoms with Gasteiger partial charge in [-0.25, -0.2) is 9.59 Å². The van der Waals surface area contributed by atoms with Gasteiger partial charge < -0.3 is 9.47 Å². The molecule has 0 spiro atoms. The molecule has 0 bridgehead atoms. The lowest BCUT2D eigenvalue weighted by molar-refractivity contribution is -0.142. The van der Waals surface area contributed by atoms with E-state index in [0.29, 0.717) is 0 Å². The van der Waals surface area contributed by atoms with Gasteiger partial charge in [-0.2, -0.15) is 4.91 Å². The van der Waals surface area contributed by atoms with Crippen molar-refractivity contribution in [1.82, 2.24) is 0 Å². The Hall–Kier alpha value is -3.61. The van der Waals surface area contributed by atoms with Gasteiger partial charge in [0.25, 0.3) is 0 Å². The first-order valence-corrected chi connectivity index (χ1v) is 9.58. The fourth-order valence-corrected chi connectivity index (χ4v) is 2.75. The maximum Gasteiger partial charge on any atom is 0.342 e. The number of hydrogen-bond acceptors (Lipinski definition) is 7. The summed E-state index contributed by atoms with van der Waals surface area (Å²) in [5.74, 6) is -2.35. The summed E-state index contributed by atoms with van der Waals surface area (Å²) in [6, 6.07) is 17.1. The summed E-state index contributed by atoms with van der Waals surface area (Å²) < 4.78 is 10.4. The summed E-state index contributed by atoms with van der Waals surface area (Å²) >= 11 is 0. The Bertz CT molecular complexity index is 906. The van der Waals surface area contributed by atoms with Crippen LogP contribution >= 0.6 is 0 Å². The van der Waals surface area contributed by atoms with Crippen LogP contribution in [-0.2, 0) is 25.7 Å². The molecule has 0 heterocycles. The number of nitrogens with zero attached hydrogens (tertiary/aromatic N) is 1. The van der Waals surface area contributed by atoms with E-state index in [0.717, 1.165) is 5.56 Å². The van der Waals surface area contributed by atoms with E-state index in [-0.39, 0.29) is 49.3 Å². The van der Waals surface area contributed by atoms with Gasteiger partial charge in [0.15, 0.2) is 0 Å². The molecule has 0 aliphatic heterocycles. The smallest absolute Gasteiger partial charge is 0.342 e. The van der Waals surface area contributed by atoms with Gasteiger partial charge in [0.1, 0.15) is 12.2 Å². The zero-order valence-electron chi connectivity index (χ0n) is 16.7. The molecule has 7 heteroatoms. The summed E-state index contributed by atoms with van der Waals surface area (Å²) in [6.45, 7) is 1.55. The Morgan fingerprint density at radius 1 is 0.867 bits per heavy atom. The van der Waals surface area contributed by atoms with Crippen LogP contribution < -0.4 is 0 Å². The largest absolute Gasteiger partial charge is 0.462 e. The highest BCUT2D eigenvalue weighted by Crippen LogP contribution is 2.21. The van der Waals surface area contributed by atoms with Crippen LogP contribution in [0.3, 0.4) is 0 Å². The van der Waals surface area contributed by atoms with Gasteiger partial charge in [-0.1, -0.05) is 65.8 Å². The van der Waals surface area contributed by atoms with Gasteiger partial charge in [0, 0.05) is 5.56 Å². The van der Waals surface area contributed by atoms with Gasteiger partial charge in [0.2, 0.25) is 5.78 Å². The Morgan fingerprint density at radius 2 is 1.50 bits per heavy atom. The van der Waals surface area contributed by atoms with Crippen LogP contribution in [0.1, 0.15) is 35.7 Å². The number of carbonyl (C=O) groups excluding carboxylic acids is 3. The Labute approximate surface area is 174 Å². The molecular formula is C23H23NO6. The maximum absolute atomic E-state index is 13.1. The number of Topliss-reactive ketones (excluding diaryl/α,β-unsaturated/α-hetero) is 1. The number of carbonyl (C=O) groups is 3. The van der Waals surface area contributed by atoms with Gasteiger partial charge in [-0.15, -0.1) is 0 Å². The highest BCUT2D eigenvalue weighted by atomic mass is 16.5. The minimum Gasteiger partial charge on any atom is -0.462 e. The zero-order chi connectivity index (χ0) is 21.8. The standard InChI is InChI=1S/C23H23NO6/c1-2-29-23(27)20(21(25)18-12-7-4-8-13-18)19(14-9-15-24-28)22(26)30-16-17-10-5-3-6-11-17/h3-8,10-13H,2,9,14-16H2,1H3/b20-19-. The van der Waals surface area contributed by atoms with Crippen molar-refractivity contribution in [1.29, 1.82) is 0 Å². The molecule has 156 valence electrons. The molecule has 7 nitrogen and oxygen atoms in total. The number of nitroso groups, excluding NO2 is 1. The summed E-state index contributed by atoms with van der Waals surface area (Å²) in [6.07, 6.45) is 0.163. The molecule has 0 radical (unpaired) electrons. The Balaban J connectivity index is 2.42. The van der Waals surface area contributed by atoms with Gasteiger partial charge in [-0.05, 0) is 25.3 Å². The van der Waals surface area contributed by atoms with Crippen molar-refractivity contribution < 1.29 is 23.9 Å². The second-order valence-corrected chi connectivity index (χ2v) is 6.29. The van der Waals surface area contributed by atoms with E-state index in [2.05, 4.69) is 5.18 Å². The molecule has 0 saturated heterocycles. The van der Waals surface area contributed by atoms with E-state index >= 15 is 0 Å². The molecule has 0 amide bonds. The number of ketones is 1. The fraction of sp³-hybridized carbons (Fsp3) is 0.261. The number of rotatable bonds is 11. The van der Waals surface area contributed by atoms with E-state index in [1.807, 2.05) is 6.07 Å². The van der Waals surface area contributed by atoms with Crippen molar-refractivity contribution in [2.24, 2.45) is 5.18 Å². The molecule has 0 unspecified atom stereocenters. The fourth-order valence-electron chi connectivity index (χ4n) is 2.75. The Kier molecular flexibility index (Phi) is 9.12. The van der Waals surface area contributed by atoms with Gasteiger partial charge in [-0.3, -0.25) is 4.79 Å². The molecule has 2 rings (SSSR count). The van der Waals surface area contributed by atoms with Gasteiger partial charge >= 0.3 is 11.9 Å². The van der Waals surface area contributed by atoms with Crippen LogP contribution in [0.25, 0.3) is 0 Å². The lowest BCUT2D eigenvalue weighted by atomic mass is 9.95. The molecule has 0 fully saturated rings. The highest BCUT2D eigenvalue weighted by Gasteiger charge is 2.29. The second kappa shape index (κ2) is 12.1. The molecular weight excluding hydrogens is 386 g/mol. The van der Waals surface area contributed by atoms with Crippen molar-refractivity contribution in [2.45, 2.75) is 26.4 Å². The molecule has 0 atom stereocenters. The third kappa shape index (κ3) is 6.48. The normalized spacial score (nSPS) is 11.2. The van der Waals surface area contributed by atoms with Crippen LogP contribution in [0.4, 0.5) is 0 Å². The molecule has 0 aliphatic rings. The number of benzene rings is 2. The van der Waals surface area contributed by atoms with Crippen molar-refractivity contribution in [2.75, 3.05) is 13.2 Å². The SMILES string of the molecule is CCOC(=O)/C(C(=O)c1ccccc1)=C(/CCCN=O)C(=O)OCc1ccccc1. The summed E-state index contributed by atoms with van der Waals surface area (Å²) in [7, 11) is 0. The van der Waals surface area contributed by atoms with Crippen LogP contribution in [0.5, 0.6) is 0 Å². The van der Waals surface area contributed by atoms with Crippen molar-refractivity contribution in [3.8, 4) is 0 Å². The quantitative estimate of drug-likeness (QED) is 0.106. The molecule has 30 heavy (non-hydrogen) atoms. The monoisotopic (exact) mass is 409 g/mol. The van der Waals surface area contributed by atoms with Crippen LogP contribution in [0.15, 0.2) is 77.0 Å². The number of esters is 2. The molecule has 0 saturated carbocycles. The summed E-state index contributed by atoms with van der Waals surface area (Å²) in [5, 5.41) is 2.78. The van der Waals surface area contributed by atoms with E-state index < -0.39 is 17.7 Å². The topological polar surface area (TPSA) is 99.1 Å². The van der Waals surface area contributed by atoms with Crippen LogP contribution in [0.2, 0.25) is 0 Å². The molecule has 2 aromatic carbocycles. The minimum atomic E-state index is -0.905. The lowest BCUT2D eigenvalue weighted by Gasteiger charge is -2.14. The van der Waals surface area contributed by atoms with E-state index in [9.17, 15) is 19.3 Å². The van der Waals surface area contributed by atoms with Crippen molar-refractivity contribution in [3.63, 3.8) is 0 Å². The van der Waals surface area contributed by atoms with Gasteiger partial charge in [0.05, 0.1) is 18.7 Å².